The lowest BCUT2D eigenvalue weighted by atomic mass is 10.3. The molecule has 1 aromatic carbocycles. The highest BCUT2D eigenvalue weighted by Crippen LogP contribution is 2.29. The van der Waals surface area contributed by atoms with Gasteiger partial charge in [-0.15, -0.1) is 11.3 Å². The highest BCUT2D eigenvalue weighted by Gasteiger charge is 2.11. The number of hydrogen-bond acceptors (Lipinski definition) is 6. The summed E-state index contributed by atoms with van der Waals surface area (Å²) in [5, 5.41) is 9.77. The van der Waals surface area contributed by atoms with E-state index in [0.717, 1.165) is 14.6 Å². The number of aliphatic hydroxyl groups is 1. The first kappa shape index (κ1) is 15.0. The maximum absolute atomic E-state index is 11.2. The maximum atomic E-state index is 11.2. The number of hydrogen-bond donors (Lipinski definition) is 1. The van der Waals surface area contributed by atoms with Crippen LogP contribution in [0.3, 0.4) is 0 Å². The molecule has 6 heteroatoms. The lowest BCUT2D eigenvalue weighted by Gasteiger charge is -2.09. The normalized spacial score (nSPS) is 12.3. The number of carbonyl (C=O) groups excluding carboxylic acids is 1. The molecular weight excluding hydrogens is 294 g/mol. The zero-order valence-electron chi connectivity index (χ0n) is 11.0. The Morgan fingerprint density at radius 1 is 1.55 bits per heavy atom. The number of rotatable bonds is 6. The Kier molecular flexibility index (Phi) is 5.17. The van der Waals surface area contributed by atoms with Gasteiger partial charge in [0.25, 0.3) is 0 Å². The van der Waals surface area contributed by atoms with Gasteiger partial charge in [-0.1, -0.05) is 30.5 Å². The monoisotopic (exact) mass is 309 g/mol. The Balaban J connectivity index is 1.82. The van der Waals surface area contributed by atoms with Crippen molar-refractivity contribution < 1.29 is 14.6 Å². The van der Waals surface area contributed by atoms with E-state index in [4.69, 9.17) is 4.74 Å². The van der Waals surface area contributed by atoms with Crippen LogP contribution in [0.15, 0.2) is 40.8 Å². The molecule has 1 N–H and O–H groups in total. The van der Waals surface area contributed by atoms with Crippen LogP contribution in [0.4, 0.5) is 0 Å². The molecule has 0 aliphatic carbocycles. The van der Waals surface area contributed by atoms with E-state index in [-0.39, 0.29) is 6.61 Å². The Morgan fingerprint density at radius 3 is 3.00 bits per heavy atom. The topological polar surface area (TPSA) is 59.4 Å². The van der Waals surface area contributed by atoms with E-state index in [1.165, 1.54) is 11.8 Å². The van der Waals surface area contributed by atoms with Crippen LogP contribution < -0.4 is 0 Å². The smallest absolute Gasteiger partial charge is 0.333 e. The predicted molar refractivity (Wildman–Crippen MR) is 82.1 cm³/mol. The summed E-state index contributed by atoms with van der Waals surface area (Å²) < 4.78 is 6.92. The van der Waals surface area contributed by atoms with Crippen LogP contribution in [-0.2, 0) is 9.53 Å². The lowest BCUT2D eigenvalue weighted by molar-refractivity contribution is -0.141. The van der Waals surface area contributed by atoms with Gasteiger partial charge in [-0.2, -0.15) is 0 Å². The number of para-hydroxylation sites is 1. The zero-order chi connectivity index (χ0) is 14.5. The van der Waals surface area contributed by atoms with E-state index in [1.54, 1.807) is 18.3 Å². The van der Waals surface area contributed by atoms with Crippen molar-refractivity contribution in [2.24, 2.45) is 0 Å². The van der Waals surface area contributed by atoms with Crippen molar-refractivity contribution in [3.05, 3.63) is 36.4 Å². The largest absolute Gasteiger partial charge is 0.460 e. The van der Waals surface area contributed by atoms with Gasteiger partial charge in [0.2, 0.25) is 0 Å². The average molecular weight is 309 g/mol. The van der Waals surface area contributed by atoms with Crippen molar-refractivity contribution in [2.75, 3.05) is 12.4 Å². The quantitative estimate of drug-likeness (QED) is 0.505. The van der Waals surface area contributed by atoms with E-state index in [9.17, 15) is 9.90 Å². The van der Waals surface area contributed by atoms with Crippen LogP contribution in [-0.4, -0.2) is 34.5 Å². The van der Waals surface area contributed by atoms with Crippen LogP contribution in [0.5, 0.6) is 0 Å². The number of ether oxygens (including phenoxy) is 1. The molecule has 20 heavy (non-hydrogen) atoms. The number of aromatic nitrogens is 1. The number of carbonyl (C=O) groups is 1. The molecule has 0 bridgehead atoms. The average Bonchev–Trinajstić information content (AvgIpc) is 2.85. The second-order valence-corrected chi connectivity index (χ2v) is 6.59. The van der Waals surface area contributed by atoms with Crippen LogP contribution in [0, 0.1) is 0 Å². The first-order chi connectivity index (χ1) is 9.56. The molecule has 0 aliphatic rings. The van der Waals surface area contributed by atoms with Gasteiger partial charge < -0.3 is 9.84 Å². The minimum Gasteiger partial charge on any atom is -0.460 e. The summed E-state index contributed by atoms with van der Waals surface area (Å²) >= 11 is 3.05. The van der Waals surface area contributed by atoms with Gasteiger partial charge in [0.15, 0.2) is 4.34 Å². The van der Waals surface area contributed by atoms with Gasteiger partial charge in [-0.3, -0.25) is 0 Å². The summed E-state index contributed by atoms with van der Waals surface area (Å²) in [6, 6.07) is 7.90. The number of aliphatic hydroxyl groups excluding tert-OH is 1. The van der Waals surface area contributed by atoms with Gasteiger partial charge >= 0.3 is 5.97 Å². The van der Waals surface area contributed by atoms with Gasteiger partial charge in [-0.25, -0.2) is 9.78 Å². The third kappa shape index (κ3) is 4.06. The lowest BCUT2D eigenvalue weighted by Crippen LogP contribution is -2.20. The van der Waals surface area contributed by atoms with Gasteiger partial charge in [0.05, 0.1) is 16.3 Å². The fraction of sp³-hybridized carbons (Fsp3) is 0.286. The van der Waals surface area contributed by atoms with Gasteiger partial charge in [-0.05, 0) is 19.1 Å². The highest BCUT2D eigenvalue weighted by molar-refractivity contribution is 8.01. The molecular formula is C14H15NO3S2. The molecule has 0 amide bonds. The maximum Gasteiger partial charge on any atom is 0.333 e. The van der Waals surface area contributed by atoms with Crippen molar-refractivity contribution >= 4 is 39.3 Å². The van der Waals surface area contributed by atoms with Crippen molar-refractivity contribution in [3.8, 4) is 0 Å². The molecule has 1 aromatic heterocycles. The second-order valence-electron chi connectivity index (χ2n) is 4.29. The molecule has 2 aromatic rings. The molecule has 0 fully saturated rings. The van der Waals surface area contributed by atoms with Crippen molar-refractivity contribution in [2.45, 2.75) is 17.4 Å². The SMILES string of the molecule is C=C(C)C(=O)OCC(O)CSc1nc2ccccc2s1. The molecule has 1 heterocycles. The van der Waals surface area contributed by atoms with Crippen LogP contribution >= 0.6 is 23.1 Å². The first-order valence-corrected chi connectivity index (χ1v) is 7.85. The summed E-state index contributed by atoms with van der Waals surface area (Å²) in [5.74, 6) is -0.0439. The Bertz CT molecular complexity index is 591. The zero-order valence-corrected chi connectivity index (χ0v) is 12.7. The molecule has 0 saturated heterocycles. The number of benzene rings is 1. The molecule has 106 valence electrons. The summed E-state index contributed by atoms with van der Waals surface area (Å²) in [6.45, 7) is 5.03. The van der Waals surface area contributed by atoms with E-state index in [0.29, 0.717) is 11.3 Å². The molecule has 2 rings (SSSR count). The Morgan fingerprint density at radius 2 is 2.30 bits per heavy atom. The number of thiazole rings is 1. The highest BCUT2D eigenvalue weighted by atomic mass is 32.2. The molecule has 4 nitrogen and oxygen atoms in total. The summed E-state index contributed by atoms with van der Waals surface area (Å²) in [7, 11) is 0. The molecule has 0 spiro atoms. The number of nitrogens with zero attached hydrogens (tertiary/aromatic N) is 1. The molecule has 1 atom stereocenters. The van der Waals surface area contributed by atoms with Crippen molar-refractivity contribution in [3.63, 3.8) is 0 Å². The standard InChI is InChI=1S/C14H15NO3S2/c1-9(2)13(17)18-7-10(16)8-19-14-15-11-5-3-4-6-12(11)20-14/h3-6,10,16H,1,7-8H2,2H3. The Labute approximate surface area is 125 Å². The number of fused-ring (bicyclic) bond motifs is 1. The van der Waals surface area contributed by atoms with Crippen LogP contribution in [0.25, 0.3) is 10.2 Å². The van der Waals surface area contributed by atoms with E-state index in [2.05, 4.69) is 11.6 Å². The molecule has 0 saturated carbocycles. The van der Waals surface area contributed by atoms with Gasteiger partial charge in [0.1, 0.15) is 6.61 Å². The Hall–Kier alpha value is -1.37. The predicted octanol–water partition coefficient (Wildman–Crippen LogP) is 2.87. The number of esters is 1. The van der Waals surface area contributed by atoms with Crippen molar-refractivity contribution in [1.29, 1.82) is 0 Å². The van der Waals surface area contributed by atoms with Gasteiger partial charge in [0, 0.05) is 11.3 Å². The van der Waals surface area contributed by atoms with E-state index < -0.39 is 12.1 Å². The van der Waals surface area contributed by atoms with E-state index in [1.807, 2.05) is 24.3 Å². The number of thioether (sulfide) groups is 1. The minimum absolute atomic E-state index is 0.0242. The van der Waals surface area contributed by atoms with Crippen LogP contribution in [0.1, 0.15) is 6.92 Å². The second kappa shape index (κ2) is 6.88. The summed E-state index contributed by atoms with van der Waals surface area (Å²) in [6.07, 6.45) is -0.713. The first-order valence-electron chi connectivity index (χ1n) is 6.05. The fourth-order valence-corrected chi connectivity index (χ4v) is 3.42. The third-order valence-corrected chi connectivity index (χ3v) is 4.75. The fourth-order valence-electron chi connectivity index (χ4n) is 1.42. The minimum atomic E-state index is -0.713. The molecule has 0 radical (unpaired) electrons. The summed E-state index contributed by atoms with van der Waals surface area (Å²) in [5.41, 5.74) is 1.29. The van der Waals surface area contributed by atoms with Crippen molar-refractivity contribution in [1.82, 2.24) is 4.98 Å². The van der Waals surface area contributed by atoms with Crippen LogP contribution in [0.2, 0.25) is 0 Å². The summed E-state index contributed by atoms with van der Waals surface area (Å²) in [4.78, 5) is 15.6. The third-order valence-electron chi connectivity index (χ3n) is 2.43. The molecule has 1 unspecified atom stereocenters. The molecule has 0 aliphatic heterocycles. The van der Waals surface area contributed by atoms with E-state index >= 15 is 0 Å².